The van der Waals surface area contributed by atoms with Crippen LogP contribution >= 0.6 is 11.6 Å². The van der Waals surface area contributed by atoms with E-state index in [0.29, 0.717) is 21.8 Å². The highest BCUT2D eigenvalue weighted by Gasteiger charge is 2.06. The number of ketones is 1. The molecule has 0 spiro atoms. The van der Waals surface area contributed by atoms with E-state index >= 15 is 0 Å². The molecular weight excluding hydrogens is 409 g/mol. The number of carbonyl (C=O) groups is 1. The first-order valence-electron chi connectivity index (χ1n) is 9.82. The SMILES string of the molecule is Cc1ccc(C(=O)/C=C/c2cc(/C=C/c3c(F)cccc3Cl)c3ccccc3n2)cc1. The van der Waals surface area contributed by atoms with Crippen molar-refractivity contribution in [2.75, 3.05) is 0 Å². The van der Waals surface area contributed by atoms with Crippen LogP contribution in [0.2, 0.25) is 5.02 Å². The topological polar surface area (TPSA) is 30.0 Å². The standard InChI is InChI=1S/C27H19ClFNO/c1-18-9-11-19(12-10-18)27(31)16-14-21-17-20(22-5-2-3-8-26(22)30-21)13-15-23-24(28)6-4-7-25(23)29/h2-17H,1H3/b15-13+,16-14+. The second-order valence-corrected chi connectivity index (χ2v) is 7.59. The molecule has 0 fully saturated rings. The normalized spacial score (nSPS) is 11.6. The van der Waals surface area contributed by atoms with Crippen molar-refractivity contribution >= 4 is 46.5 Å². The zero-order chi connectivity index (χ0) is 21.8. The number of allylic oxidation sites excluding steroid dienone is 1. The number of carbonyl (C=O) groups excluding carboxylic acids is 1. The second-order valence-electron chi connectivity index (χ2n) is 7.19. The molecule has 2 nitrogen and oxygen atoms in total. The summed E-state index contributed by atoms with van der Waals surface area (Å²) >= 11 is 6.15. The quantitative estimate of drug-likeness (QED) is 0.245. The van der Waals surface area contributed by atoms with Crippen LogP contribution in [0.3, 0.4) is 0 Å². The number of rotatable bonds is 5. The lowest BCUT2D eigenvalue weighted by Gasteiger charge is -2.05. The summed E-state index contributed by atoms with van der Waals surface area (Å²) in [6.45, 7) is 1.98. The lowest BCUT2D eigenvalue weighted by molar-refractivity contribution is 0.104. The Morgan fingerprint density at radius 1 is 0.935 bits per heavy atom. The van der Waals surface area contributed by atoms with Crippen LogP contribution in [0, 0.1) is 12.7 Å². The lowest BCUT2D eigenvalue weighted by Crippen LogP contribution is -1.94. The molecular formula is C27H19ClFNO. The first kappa shape index (κ1) is 20.7. The number of nitrogens with zero attached hydrogens (tertiary/aromatic N) is 1. The Hall–Kier alpha value is -3.56. The van der Waals surface area contributed by atoms with Crippen LogP contribution in [-0.4, -0.2) is 10.8 Å². The van der Waals surface area contributed by atoms with Gasteiger partial charge in [-0.05, 0) is 55.0 Å². The average molecular weight is 428 g/mol. The molecule has 0 radical (unpaired) electrons. The first-order chi connectivity index (χ1) is 15.0. The van der Waals surface area contributed by atoms with Crippen LogP contribution in [0.1, 0.15) is 32.7 Å². The number of para-hydroxylation sites is 1. The highest BCUT2D eigenvalue weighted by molar-refractivity contribution is 6.32. The molecule has 0 aliphatic heterocycles. The molecule has 0 aliphatic rings. The monoisotopic (exact) mass is 427 g/mol. The third kappa shape index (κ3) is 4.79. The van der Waals surface area contributed by atoms with E-state index < -0.39 is 0 Å². The molecule has 0 unspecified atom stereocenters. The summed E-state index contributed by atoms with van der Waals surface area (Å²) in [6.07, 6.45) is 6.68. The molecule has 4 aromatic rings. The minimum absolute atomic E-state index is 0.0924. The fraction of sp³-hybridized carbons (Fsp3) is 0.0370. The molecule has 0 amide bonds. The van der Waals surface area contributed by atoms with Crippen molar-refractivity contribution in [3.05, 3.63) is 118 Å². The Labute approximate surface area is 185 Å². The second kappa shape index (κ2) is 9.07. The predicted octanol–water partition coefficient (Wildman–Crippen LogP) is 7.40. The molecule has 0 saturated carbocycles. The molecule has 1 aromatic heterocycles. The third-order valence-corrected chi connectivity index (χ3v) is 5.27. The highest BCUT2D eigenvalue weighted by atomic mass is 35.5. The summed E-state index contributed by atoms with van der Waals surface area (Å²) in [4.78, 5) is 17.1. The molecule has 0 bridgehead atoms. The van der Waals surface area contributed by atoms with Crippen LogP contribution in [0.15, 0.2) is 78.9 Å². The zero-order valence-corrected chi connectivity index (χ0v) is 17.6. The minimum Gasteiger partial charge on any atom is -0.289 e. The summed E-state index contributed by atoms with van der Waals surface area (Å²) < 4.78 is 14.1. The number of fused-ring (bicyclic) bond motifs is 1. The van der Waals surface area contributed by atoms with Crippen LogP contribution in [0.25, 0.3) is 29.1 Å². The largest absolute Gasteiger partial charge is 0.289 e. The van der Waals surface area contributed by atoms with Gasteiger partial charge in [0, 0.05) is 16.5 Å². The maximum absolute atomic E-state index is 14.1. The molecule has 4 heteroatoms. The maximum atomic E-state index is 14.1. The van der Waals surface area contributed by atoms with Gasteiger partial charge >= 0.3 is 0 Å². The lowest BCUT2D eigenvalue weighted by atomic mass is 10.0. The van der Waals surface area contributed by atoms with Gasteiger partial charge in [0.15, 0.2) is 5.78 Å². The molecule has 1 heterocycles. The van der Waals surface area contributed by atoms with Crippen LogP contribution in [0.4, 0.5) is 4.39 Å². The molecule has 0 saturated heterocycles. The maximum Gasteiger partial charge on any atom is 0.185 e. The van der Waals surface area contributed by atoms with E-state index in [1.807, 2.05) is 67.6 Å². The van der Waals surface area contributed by atoms with Gasteiger partial charge < -0.3 is 0 Å². The molecule has 0 atom stereocenters. The zero-order valence-electron chi connectivity index (χ0n) is 16.8. The number of hydrogen-bond acceptors (Lipinski definition) is 2. The van der Waals surface area contributed by atoms with Crippen molar-refractivity contribution in [1.29, 1.82) is 0 Å². The highest BCUT2D eigenvalue weighted by Crippen LogP contribution is 2.25. The number of pyridine rings is 1. The molecule has 31 heavy (non-hydrogen) atoms. The van der Waals surface area contributed by atoms with Gasteiger partial charge in [0.25, 0.3) is 0 Å². The Bertz CT molecular complexity index is 1300. The molecule has 0 N–H and O–H groups in total. The number of aromatic nitrogens is 1. The van der Waals surface area contributed by atoms with Gasteiger partial charge in [0.2, 0.25) is 0 Å². The number of benzene rings is 3. The summed E-state index contributed by atoms with van der Waals surface area (Å²) in [5.41, 5.74) is 4.33. The summed E-state index contributed by atoms with van der Waals surface area (Å²) in [5, 5.41) is 1.27. The summed E-state index contributed by atoms with van der Waals surface area (Å²) in [7, 11) is 0. The van der Waals surface area contributed by atoms with Crippen molar-refractivity contribution in [3.8, 4) is 0 Å². The first-order valence-corrected chi connectivity index (χ1v) is 10.2. The molecule has 0 aliphatic carbocycles. The van der Waals surface area contributed by atoms with E-state index in [2.05, 4.69) is 4.98 Å². The van der Waals surface area contributed by atoms with Crippen molar-refractivity contribution in [1.82, 2.24) is 4.98 Å². The van der Waals surface area contributed by atoms with E-state index in [0.717, 1.165) is 22.0 Å². The van der Waals surface area contributed by atoms with E-state index in [9.17, 15) is 9.18 Å². The number of halogens is 2. The van der Waals surface area contributed by atoms with Crippen molar-refractivity contribution in [2.24, 2.45) is 0 Å². The van der Waals surface area contributed by atoms with E-state index in [1.165, 1.54) is 12.1 Å². The summed E-state index contributed by atoms with van der Waals surface area (Å²) in [6, 6.07) is 21.6. The van der Waals surface area contributed by atoms with Crippen LogP contribution < -0.4 is 0 Å². The van der Waals surface area contributed by atoms with E-state index in [-0.39, 0.29) is 11.6 Å². The van der Waals surface area contributed by atoms with Gasteiger partial charge in [0.05, 0.1) is 16.2 Å². The van der Waals surface area contributed by atoms with E-state index in [4.69, 9.17) is 11.6 Å². The Kier molecular flexibility index (Phi) is 6.06. The Morgan fingerprint density at radius 3 is 2.48 bits per heavy atom. The molecule has 152 valence electrons. The van der Waals surface area contributed by atoms with Crippen molar-refractivity contribution < 1.29 is 9.18 Å². The Balaban J connectivity index is 1.70. The number of aryl methyl sites for hydroxylation is 1. The minimum atomic E-state index is -0.383. The third-order valence-electron chi connectivity index (χ3n) is 4.94. The van der Waals surface area contributed by atoms with Gasteiger partial charge in [-0.25, -0.2) is 9.37 Å². The fourth-order valence-electron chi connectivity index (χ4n) is 3.27. The van der Waals surface area contributed by atoms with Gasteiger partial charge in [-0.2, -0.15) is 0 Å². The molecule has 3 aromatic carbocycles. The summed E-state index contributed by atoms with van der Waals surface area (Å²) in [5.74, 6) is -0.476. The molecule has 4 rings (SSSR count). The van der Waals surface area contributed by atoms with Gasteiger partial charge in [0.1, 0.15) is 5.82 Å². The van der Waals surface area contributed by atoms with Crippen LogP contribution in [0.5, 0.6) is 0 Å². The van der Waals surface area contributed by atoms with Crippen molar-refractivity contribution in [3.63, 3.8) is 0 Å². The number of hydrogen-bond donors (Lipinski definition) is 0. The van der Waals surface area contributed by atoms with Gasteiger partial charge in [-0.1, -0.05) is 71.8 Å². The van der Waals surface area contributed by atoms with E-state index in [1.54, 1.807) is 24.3 Å². The van der Waals surface area contributed by atoms with Crippen molar-refractivity contribution in [2.45, 2.75) is 6.92 Å². The fourth-order valence-corrected chi connectivity index (χ4v) is 3.49. The Morgan fingerprint density at radius 2 is 1.71 bits per heavy atom. The van der Waals surface area contributed by atoms with Gasteiger partial charge in [-0.15, -0.1) is 0 Å². The average Bonchev–Trinajstić information content (AvgIpc) is 2.77. The predicted molar refractivity (Wildman–Crippen MR) is 127 cm³/mol. The smallest absolute Gasteiger partial charge is 0.185 e. The van der Waals surface area contributed by atoms with Crippen LogP contribution in [-0.2, 0) is 0 Å². The van der Waals surface area contributed by atoms with Gasteiger partial charge in [-0.3, -0.25) is 4.79 Å².